The molecule has 2 aromatic rings. The molecule has 5 atom stereocenters. The van der Waals surface area contributed by atoms with Crippen LogP contribution in [-0.2, 0) is 4.57 Å². The second-order valence-corrected chi connectivity index (χ2v) is 11.3. The Labute approximate surface area is 154 Å². The number of hydrogen-bond donors (Lipinski definition) is 0. The summed E-state index contributed by atoms with van der Waals surface area (Å²) in [4.78, 5) is 0.905. The first-order chi connectivity index (χ1) is 11.1. The highest BCUT2D eigenvalue weighted by Gasteiger charge is 2.60. The first-order valence-electron chi connectivity index (χ1n) is 7.90. The van der Waals surface area contributed by atoms with Crippen molar-refractivity contribution >= 4 is 49.8 Å². The van der Waals surface area contributed by atoms with Gasteiger partial charge in [0.25, 0.3) is 0 Å². The summed E-state index contributed by atoms with van der Waals surface area (Å²) < 4.78 is 16.5. The lowest BCUT2D eigenvalue weighted by molar-refractivity contribution is 0.553. The topological polar surface area (TPSA) is 20.1 Å². The second-order valence-electron chi connectivity index (χ2n) is 6.27. The zero-order valence-corrected chi connectivity index (χ0v) is 16.6. The molecular formula is C18H18Br2NOP. The van der Waals surface area contributed by atoms with Crippen LogP contribution in [0.1, 0.15) is 12.8 Å². The van der Waals surface area contributed by atoms with Crippen LogP contribution in [0.2, 0.25) is 0 Å². The Morgan fingerprint density at radius 1 is 0.783 bits per heavy atom. The van der Waals surface area contributed by atoms with Crippen LogP contribution in [0.4, 0.5) is 0 Å². The van der Waals surface area contributed by atoms with Crippen molar-refractivity contribution in [1.29, 1.82) is 0 Å². The summed E-state index contributed by atoms with van der Waals surface area (Å²) in [7, 11) is -2.75. The maximum absolute atomic E-state index is 14.3. The summed E-state index contributed by atoms with van der Waals surface area (Å²) in [5.74, 6) is 0. The van der Waals surface area contributed by atoms with Crippen LogP contribution in [0, 0.1) is 0 Å². The fourth-order valence-electron chi connectivity index (χ4n) is 3.70. The van der Waals surface area contributed by atoms with E-state index in [1.807, 2.05) is 60.7 Å². The first-order valence-corrected chi connectivity index (χ1v) is 11.4. The van der Waals surface area contributed by atoms with Crippen LogP contribution in [-0.4, -0.2) is 26.4 Å². The number of benzene rings is 2. The lowest BCUT2D eigenvalue weighted by Gasteiger charge is -2.21. The monoisotopic (exact) mass is 453 g/mol. The third kappa shape index (κ3) is 2.68. The lowest BCUT2D eigenvalue weighted by Crippen LogP contribution is -2.24. The van der Waals surface area contributed by atoms with Gasteiger partial charge in [-0.1, -0.05) is 68.3 Å². The molecule has 2 aliphatic rings. The van der Waals surface area contributed by atoms with Crippen LogP contribution in [0.25, 0.3) is 0 Å². The van der Waals surface area contributed by atoms with Crippen LogP contribution < -0.4 is 10.6 Å². The molecule has 4 rings (SSSR count). The van der Waals surface area contributed by atoms with Crippen molar-refractivity contribution in [3.8, 4) is 0 Å². The first kappa shape index (κ1) is 16.1. The highest BCUT2D eigenvalue weighted by Crippen LogP contribution is 2.62. The number of rotatable bonds is 3. The number of hydrogen-bond acceptors (Lipinski definition) is 1. The van der Waals surface area contributed by atoms with Gasteiger partial charge in [0.1, 0.15) is 0 Å². The van der Waals surface area contributed by atoms with E-state index in [1.54, 1.807) is 0 Å². The van der Waals surface area contributed by atoms with Gasteiger partial charge in [0.15, 0.2) is 0 Å². The van der Waals surface area contributed by atoms with Gasteiger partial charge in [-0.15, -0.1) is 0 Å². The zero-order valence-electron chi connectivity index (χ0n) is 12.6. The van der Waals surface area contributed by atoms with Crippen molar-refractivity contribution in [2.75, 3.05) is 0 Å². The zero-order chi connectivity index (χ0) is 16.0. The normalized spacial score (nSPS) is 33.0. The average Bonchev–Trinajstić information content (AvgIpc) is 3.29. The van der Waals surface area contributed by atoms with Gasteiger partial charge in [0.05, 0.1) is 0 Å². The van der Waals surface area contributed by atoms with Crippen molar-refractivity contribution in [2.24, 2.45) is 0 Å². The third-order valence-electron chi connectivity index (χ3n) is 4.90. The van der Waals surface area contributed by atoms with Crippen molar-refractivity contribution in [3.05, 3.63) is 60.7 Å². The molecule has 23 heavy (non-hydrogen) atoms. The van der Waals surface area contributed by atoms with Crippen LogP contribution in [0.3, 0.4) is 0 Å². The summed E-state index contributed by atoms with van der Waals surface area (Å²) in [6.45, 7) is 0. The molecule has 0 bridgehead atoms. The Kier molecular flexibility index (Phi) is 4.30. The molecule has 0 radical (unpaired) electrons. The van der Waals surface area contributed by atoms with Gasteiger partial charge in [-0.2, -0.15) is 0 Å². The van der Waals surface area contributed by atoms with Crippen LogP contribution in [0.15, 0.2) is 60.7 Å². The smallest absolute Gasteiger partial charge is 0.207 e. The molecule has 1 heterocycles. The van der Waals surface area contributed by atoms with E-state index in [0.29, 0.717) is 21.7 Å². The molecule has 2 nitrogen and oxygen atoms in total. The van der Waals surface area contributed by atoms with E-state index in [4.69, 9.17) is 0 Å². The summed E-state index contributed by atoms with van der Waals surface area (Å²) in [6.07, 6.45) is 2.09. The molecule has 2 aromatic carbocycles. The largest absolute Gasteiger partial charge is 0.296 e. The molecule has 0 N–H and O–H groups in total. The second kappa shape index (κ2) is 6.15. The van der Waals surface area contributed by atoms with Gasteiger partial charge >= 0.3 is 0 Å². The van der Waals surface area contributed by atoms with Gasteiger partial charge in [-0.05, 0) is 37.1 Å². The van der Waals surface area contributed by atoms with E-state index in [-0.39, 0.29) is 0 Å². The minimum absolute atomic E-state index is 0.416. The van der Waals surface area contributed by atoms with E-state index in [1.165, 1.54) is 0 Å². The van der Waals surface area contributed by atoms with E-state index in [0.717, 1.165) is 23.5 Å². The highest BCUT2D eigenvalue weighted by molar-refractivity contribution is 9.12. The minimum Gasteiger partial charge on any atom is -0.296 e. The quantitative estimate of drug-likeness (QED) is 0.391. The molecule has 1 aliphatic carbocycles. The van der Waals surface area contributed by atoms with Crippen molar-refractivity contribution < 1.29 is 4.57 Å². The van der Waals surface area contributed by atoms with Gasteiger partial charge in [-0.25, -0.2) is 4.67 Å². The summed E-state index contributed by atoms with van der Waals surface area (Å²) >= 11 is 7.53. The molecule has 1 unspecified atom stereocenters. The minimum atomic E-state index is -2.75. The number of alkyl halides is 2. The molecule has 1 aliphatic heterocycles. The third-order valence-corrected chi connectivity index (χ3v) is 10.9. The van der Waals surface area contributed by atoms with Gasteiger partial charge in [0, 0.05) is 32.3 Å². The fraction of sp³-hybridized carbons (Fsp3) is 0.333. The van der Waals surface area contributed by atoms with Crippen molar-refractivity contribution in [1.82, 2.24) is 4.67 Å². The molecule has 0 spiro atoms. The van der Waals surface area contributed by atoms with Crippen LogP contribution >= 0.6 is 39.2 Å². The predicted octanol–water partition coefficient (Wildman–Crippen LogP) is 4.29. The van der Waals surface area contributed by atoms with E-state index < -0.39 is 7.29 Å². The van der Waals surface area contributed by atoms with E-state index in [9.17, 15) is 4.57 Å². The van der Waals surface area contributed by atoms with Gasteiger partial charge in [0.2, 0.25) is 7.29 Å². The average molecular weight is 455 g/mol. The predicted molar refractivity (Wildman–Crippen MR) is 104 cm³/mol. The lowest BCUT2D eigenvalue weighted by atomic mass is 10.0. The van der Waals surface area contributed by atoms with E-state index in [2.05, 4.69) is 36.5 Å². The Hall–Kier alpha value is -0.410. The number of halogens is 2. The molecule has 1 saturated carbocycles. The molecular weight excluding hydrogens is 437 g/mol. The molecule has 0 aromatic heterocycles. The highest BCUT2D eigenvalue weighted by atomic mass is 79.9. The Balaban J connectivity index is 1.78. The van der Waals surface area contributed by atoms with Crippen molar-refractivity contribution in [2.45, 2.75) is 34.6 Å². The summed E-state index contributed by atoms with van der Waals surface area (Å²) in [5, 5.41) is 1.88. The Morgan fingerprint density at radius 2 is 1.17 bits per heavy atom. The van der Waals surface area contributed by atoms with Gasteiger partial charge in [-0.3, -0.25) is 4.57 Å². The number of fused-ring (bicyclic) bond motifs is 1. The SMILES string of the molecule is O=P(c1ccccc1)(c1ccccc1)N1[C@@H]2C[C@H](Br)[C@@H](Br)C[C@@H]21. The Bertz CT molecular complexity index is 680. The molecule has 1 saturated heterocycles. The maximum atomic E-state index is 14.3. The van der Waals surface area contributed by atoms with E-state index >= 15 is 0 Å². The molecule has 0 amide bonds. The van der Waals surface area contributed by atoms with Crippen molar-refractivity contribution in [3.63, 3.8) is 0 Å². The molecule has 5 heteroatoms. The molecule has 120 valence electrons. The summed E-state index contributed by atoms with van der Waals surface area (Å²) in [5.41, 5.74) is 0. The Morgan fingerprint density at radius 3 is 1.57 bits per heavy atom. The molecule has 2 fully saturated rings. The van der Waals surface area contributed by atoms with Gasteiger partial charge < -0.3 is 0 Å². The fourth-order valence-corrected chi connectivity index (χ4v) is 8.15. The summed E-state index contributed by atoms with van der Waals surface area (Å²) in [6, 6.07) is 20.8. The number of nitrogens with zero attached hydrogens (tertiary/aromatic N) is 1. The standard InChI is InChI=1S/C18H18Br2NOP/c19-15-11-17-18(12-16(15)20)21(17)23(22,13-7-3-1-4-8-13)14-9-5-2-6-10-14/h1-10,15-18H,11-12H2/t15-,16-,17-,18+,21?/m0/s1. The van der Waals surface area contributed by atoms with Crippen LogP contribution in [0.5, 0.6) is 0 Å². The maximum Gasteiger partial charge on any atom is 0.207 e.